The molecular formula is C15H21NO2S. The minimum atomic E-state index is -0.855. The predicted molar refractivity (Wildman–Crippen MR) is 80.2 cm³/mol. The molecule has 104 valence electrons. The molecule has 1 saturated carbocycles. The first-order chi connectivity index (χ1) is 9.04. The summed E-state index contributed by atoms with van der Waals surface area (Å²) in [5.74, 6) is 0.431. The summed E-state index contributed by atoms with van der Waals surface area (Å²) in [5.41, 5.74) is 1.16. The Bertz CT molecular complexity index is 475. The van der Waals surface area contributed by atoms with E-state index in [4.69, 9.17) is 0 Å². The standard InChI is InChI=1S/C15H21NO2S/c1-9-7-8-11(10(9)2)16-12-5-4-6-13(19-3)14(12)15(17)18/h4-6,9-11,16H,7-8H2,1-3H3,(H,17,18). The van der Waals surface area contributed by atoms with Gasteiger partial charge in [0, 0.05) is 10.9 Å². The fourth-order valence-corrected chi connectivity index (χ4v) is 3.43. The van der Waals surface area contributed by atoms with E-state index in [1.54, 1.807) is 0 Å². The number of thioether (sulfide) groups is 1. The Hall–Kier alpha value is -1.16. The largest absolute Gasteiger partial charge is 0.478 e. The van der Waals surface area contributed by atoms with Gasteiger partial charge in [0.15, 0.2) is 0 Å². The van der Waals surface area contributed by atoms with E-state index in [1.165, 1.54) is 18.2 Å². The van der Waals surface area contributed by atoms with Gasteiger partial charge in [-0.2, -0.15) is 0 Å². The summed E-state index contributed by atoms with van der Waals surface area (Å²) in [5, 5.41) is 12.9. The summed E-state index contributed by atoms with van der Waals surface area (Å²) >= 11 is 1.48. The normalized spacial score (nSPS) is 26.4. The van der Waals surface area contributed by atoms with Crippen LogP contribution in [0, 0.1) is 11.8 Å². The smallest absolute Gasteiger partial charge is 0.338 e. The monoisotopic (exact) mass is 279 g/mol. The maximum atomic E-state index is 11.5. The van der Waals surface area contributed by atoms with Crippen LogP contribution in [-0.4, -0.2) is 23.4 Å². The summed E-state index contributed by atoms with van der Waals surface area (Å²) in [6.07, 6.45) is 4.24. The zero-order valence-electron chi connectivity index (χ0n) is 11.6. The molecular weight excluding hydrogens is 258 g/mol. The second-order valence-corrected chi connectivity index (χ2v) is 6.20. The number of hydrogen-bond acceptors (Lipinski definition) is 3. The molecule has 1 aliphatic carbocycles. The van der Waals surface area contributed by atoms with Crippen molar-refractivity contribution in [3.05, 3.63) is 23.8 Å². The van der Waals surface area contributed by atoms with Crippen LogP contribution >= 0.6 is 11.8 Å². The highest BCUT2D eigenvalue weighted by atomic mass is 32.2. The number of hydrogen-bond donors (Lipinski definition) is 2. The molecule has 19 heavy (non-hydrogen) atoms. The van der Waals surface area contributed by atoms with Crippen LogP contribution in [0.15, 0.2) is 23.1 Å². The molecule has 2 N–H and O–H groups in total. The first-order valence-electron chi connectivity index (χ1n) is 6.71. The maximum Gasteiger partial charge on any atom is 0.338 e. The zero-order chi connectivity index (χ0) is 14.0. The predicted octanol–water partition coefficient (Wildman–Crippen LogP) is 3.95. The molecule has 0 spiro atoms. The molecule has 0 aliphatic heterocycles. The lowest BCUT2D eigenvalue weighted by Gasteiger charge is -2.22. The Morgan fingerprint density at radius 2 is 2.11 bits per heavy atom. The number of rotatable bonds is 4. The van der Waals surface area contributed by atoms with Crippen molar-refractivity contribution < 1.29 is 9.90 Å². The highest BCUT2D eigenvalue weighted by Crippen LogP contribution is 2.35. The van der Waals surface area contributed by atoms with Crippen molar-refractivity contribution in [2.45, 2.75) is 37.6 Å². The quantitative estimate of drug-likeness (QED) is 0.819. The fourth-order valence-electron chi connectivity index (χ4n) is 2.81. The number of carbonyl (C=O) groups is 1. The van der Waals surface area contributed by atoms with Gasteiger partial charge in [0.25, 0.3) is 0 Å². The summed E-state index contributed by atoms with van der Waals surface area (Å²) in [6, 6.07) is 6.04. The van der Waals surface area contributed by atoms with E-state index in [0.717, 1.165) is 17.0 Å². The molecule has 0 bridgehead atoms. The van der Waals surface area contributed by atoms with Gasteiger partial charge >= 0.3 is 5.97 Å². The van der Waals surface area contributed by atoms with Crippen LogP contribution in [0.4, 0.5) is 5.69 Å². The molecule has 0 amide bonds. The van der Waals surface area contributed by atoms with E-state index in [9.17, 15) is 9.90 Å². The first-order valence-corrected chi connectivity index (χ1v) is 7.94. The molecule has 1 fully saturated rings. The fraction of sp³-hybridized carbons (Fsp3) is 0.533. The Kier molecular flexibility index (Phi) is 4.40. The van der Waals surface area contributed by atoms with Crippen LogP contribution in [0.25, 0.3) is 0 Å². The molecule has 1 aromatic rings. The highest BCUT2D eigenvalue weighted by Gasteiger charge is 2.30. The van der Waals surface area contributed by atoms with Gasteiger partial charge < -0.3 is 10.4 Å². The number of aromatic carboxylic acids is 1. The number of nitrogens with one attached hydrogen (secondary N) is 1. The van der Waals surface area contributed by atoms with Crippen molar-refractivity contribution in [3.8, 4) is 0 Å². The molecule has 0 saturated heterocycles. The van der Waals surface area contributed by atoms with E-state index in [1.807, 2.05) is 24.5 Å². The van der Waals surface area contributed by atoms with E-state index < -0.39 is 5.97 Å². The van der Waals surface area contributed by atoms with Gasteiger partial charge in [0.05, 0.1) is 11.3 Å². The van der Waals surface area contributed by atoms with Crippen LogP contribution in [-0.2, 0) is 0 Å². The van der Waals surface area contributed by atoms with Crippen molar-refractivity contribution in [1.29, 1.82) is 0 Å². The lowest BCUT2D eigenvalue weighted by Crippen LogP contribution is -2.25. The van der Waals surface area contributed by atoms with Crippen LogP contribution in [0.3, 0.4) is 0 Å². The number of carboxylic acids is 1. The molecule has 0 aromatic heterocycles. The molecule has 3 unspecified atom stereocenters. The molecule has 3 atom stereocenters. The SMILES string of the molecule is CSc1cccc(NC2CCC(C)C2C)c1C(=O)O. The average molecular weight is 279 g/mol. The summed E-state index contributed by atoms with van der Waals surface area (Å²) in [7, 11) is 0. The van der Waals surface area contributed by atoms with E-state index >= 15 is 0 Å². The van der Waals surface area contributed by atoms with Gasteiger partial charge in [-0.1, -0.05) is 19.9 Å². The molecule has 0 heterocycles. The van der Waals surface area contributed by atoms with Gasteiger partial charge in [-0.15, -0.1) is 11.8 Å². The number of benzene rings is 1. The first kappa shape index (κ1) is 14.3. The highest BCUT2D eigenvalue weighted by molar-refractivity contribution is 7.98. The van der Waals surface area contributed by atoms with Gasteiger partial charge in [-0.3, -0.25) is 0 Å². The number of anilines is 1. The lowest BCUT2D eigenvalue weighted by atomic mass is 9.97. The van der Waals surface area contributed by atoms with Crippen molar-refractivity contribution in [3.63, 3.8) is 0 Å². The van der Waals surface area contributed by atoms with Crippen LogP contribution in [0.2, 0.25) is 0 Å². The molecule has 4 heteroatoms. The third-order valence-corrected chi connectivity index (χ3v) is 5.05. The molecule has 1 aliphatic rings. The van der Waals surface area contributed by atoms with Gasteiger partial charge in [-0.25, -0.2) is 4.79 Å². The second kappa shape index (κ2) is 5.87. The average Bonchev–Trinajstić information content (AvgIpc) is 2.70. The topological polar surface area (TPSA) is 49.3 Å². The Morgan fingerprint density at radius 1 is 1.37 bits per heavy atom. The van der Waals surface area contributed by atoms with Crippen LogP contribution in [0.1, 0.15) is 37.0 Å². The summed E-state index contributed by atoms with van der Waals surface area (Å²) in [4.78, 5) is 12.3. The third-order valence-electron chi connectivity index (χ3n) is 4.27. The molecule has 2 rings (SSSR count). The van der Waals surface area contributed by atoms with Crippen molar-refractivity contribution >= 4 is 23.4 Å². The third kappa shape index (κ3) is 2.89. The molecule has 0 radical (unpaired) electrons. The molecule has 1 aromatic carbocycles. The van der Waals surface area contributed by atoms with E-state index in [2.05, 4.69) is 19.2 Å². The minimum absolute atomic E-state index is 0.380. The lowest BCUT2D eigenvalue weighted by molar-refractivity contribution is 0.0694. The van der Waals surface area contributed by atoms with Crippen molar-refractivity contribution in [2.75, 3.05) is 11.6 Å². The van der Waals surface area contributed by atoms with Crippen molar-refractivity contribution in [1.82, 2.24) is 0 Å². The summed E-state index contributed by atoms with van der Waals surface area (Å²) < 4.78 is 0. The Labute approximate surface area is 118 Å². The van der Waals surface area contributed by atoms with Crippen LogP contribution < -0.4 is 5.32 Å². The van der Waals surface area contributed by atoms with Crippen molar-refractivity contribution in [2.24, 2.45) is 11.8 Å². The Balaban J connectivity index is 2.27. The van der Waals surface area contributed by atoms with Gasteiger partial charge in [-0.05, 0) is 43.1 Å². The van der Waals surface area contributed by atoms with E-state index in [-0.39, 0.29) is 0 Å². The maximum absolute atomic E-state index is 11.5. The van der Waals surface area contributed by atoms with Gasteiger partial charge in [0.2, 0.25) is 0 Å². The molecule has 3 nitrogen and oxygen atoms in total. The van der Waals surface area contributed by atoms with Gasteiger partial charge in [0.1, 0.15) is 0 Å². The Morgan fingerprint density at radius 3 is 2.63 bits per heavy atom. The second-order valence-electron chi connectivity index (χ2n) is 5.35. The zero-order valence-corrected chi connectivity index (χ0v) is 12.5. The van der Waals surface area contributed by atoms with Crippen LogP contribution in [0.5, 0.6) is 0 Å². The minimum Gasteiger partial charge on any atom is -0.478 e. The van der Waals surface area contributed by atoms with E-state index in [0.29, 0.717) is 23.4 Å². The summed E-state index contributed by atoms with van der Waals surface area (Å²) in [6.45, 7) is 4.51. The number of carboxylic acid groups (broad SMARTS) is 1.